The third-order valence-corrected chi connectivity index (χ3v) is 4.56. The van der Waals surface area contributed by atoms with E-state index in [1.807, 2.05) is 30.3 Å². The molecule has 24 heavy (non-hydrogen) atoms. The van der Waals surface area contributed by atoms with Gasteiger partial charge in [-0.2, -0.15) is 0 Å². The predicted octanol–water partition coefficient (Wildman–Crippen LogP) is 1.84. The Morgan fingerprint density at radius 2 is 2.08 bits per heavy atom. The van der Waals surface area contributed by atoms with E-state index >= 15 is 0 Å². The number of hydrogen-bond acceptors (Lipinski definition) is 5. The van der Waals surface area contributed by atoms with Gasteiger partial charge in [-0.3, -0.25) is 14.4 Å². The molecule has 0 saturated carbocycles. The van der Waals surface area contributed by atoms with Crippen LogP contribution in [0.15, 0.2) is 30.3 Å². The summed E-state index contributed by atoms with van der Waals surface area (Å²) in [4.78, 5) is 36.7. The minimum absolute atomic E-state index is 0.00509. The number of rotatable bonds is 8. The van der Waals surface area contributed by atoms with Gasteiger partial charge in [-0.15, -0.1) is 0 Å². The lowest BCUT2D eigenvalue weighted by molar-refractivity contribution is -0.154. The Morgan fingerprint density at radius 1 is 1.33 bits per heavy atom. The fourth-order valence-corrected chi connectivity index (χ4v) is 3.13. The summed E-state index contributed by atoms with van der Waals surface area (Å²) in [5, 5.41) is 2.75. The number of hydrogen-bond donors (Lipinski definition) is 1. The topological polar surface area (TPSA) is 75.7 Å². The Bertz CT molecular complexity index is 579. The quantitative estimate of drug-likeness (QED) is 0.724. The van der Waals surface area contributed by atoms with Crippen LogP contribution in [0.1, 0.15) is 18.9 Å². The lowest BCUT2D eigenvalue weighted by Gasteiger charge is -2.16. The van der Waals surface area contributed by atoms with Crippen molar-refractivity contribution < 1.29 is 19.1 Å². The van der Waals surface area contributed by atoms with Crippen LogP contribution in [0.25, 0.3) is 0 Å². The van der Waals surface area contributed by atoms with E-state index in [1.54, 1.807) is 11.8 Å². The van der Waals surface area contributed by atoms with Gasteiger partial charge >= 0.3 is 5.97 Å². The Kier molecular flexibility index (Phi) is 7.11. The Balaban J connectivity index is 1.63. The summed E-state index contributed by atoms with van der Waals surface area (Å²) < 4.78 is 5.11. The molecule has 0 aromatic heterocycles. The van der Waals surface area contributed by atoms with E-state index in [-0.39, 0.29) is 17.6 Å². The maximum absolute atomic E-state index is 11.9. The Hall–Kier alpha value is -2.02. The predicted molar refractivity (Wildman–Crippen MR) is 92.8 cm³/mol. The van der Waals surface area contributed by atoms with E-state index in [0.29, 0.717) is 19.6 Å². The summed E-state index contributed by atoms with van der Waals surface area (Å²) in [6.45, 7) is 3.04. The lowest BCUT2D eigenvalue weighted by atomic mass is 10.1. The number of benzene rings is 1. The summed E-state index contributed by atoms with van der Waals surface area (Å²) in [6.07, 6.45) is -0.00689. The second-order valence-corrected chi connectivity index (χ2v) is 6.56. The molecule has 1 fully saturated rings. The van der Waals surface area contributed by atoms with Crippen molar-refractivity contribution in [2.45, 2.75) is 25.9 Å². The van der Waals surface area contributed by atoms with Gasteiger partial charge < -0.3 is 15.0 Å². The lowest BCUT2D eigenvalue weighted by Crippen LogP contribution is -2.37. The number of ether oxygens (including phenoxy) is 1. The van der Waals surface area contributed by atoms with Crippen LogP contribution in [-0.2, 0) is 20.7 Å². The van der Waals surface area contributed by atoms with Crippen molar-refractivity contribution >= 4 is 28.9 Å². The van der Waals surface area contributed by atoms with Crippen LogP contribution in [0.3, 0.4) is 0 Å². The van der Waals surface area contributed by atoms with Gasteiger partial charge in [0.2, 0.25) is 0 Å². The highest BCUT2D eigenvalue weighted by Crippen LogP contribution is 2.17. The number of nitrogens with one attached hydrogen (secondary N) is 1. The fourth-order valence-electron chi connectivity index (χ4n) is 2.28. The molecule has 1 unspecified atom stereocenters. The highest BCUT2D eigenvalue weighted by atomic mass is 32.2. The van der Waals surface area contributed by atoms with Crippen molar-refractivity contribution in [3.05, 3.63) is 35.9 Å². The minimum Gasteiger partial charge on any atom is -0.452 e. The summed E-state index contributed by atoms with van der Waals surface area (Å²) in [6, 6.07) is 9.83. The first kappa shape index (κ1) is 18.3. The zero-order valence-electron chi connectivity index (χ0n) is 13.7. The highest BCUT2D eigenvalue weighted by molar-refractivity contribution is 8.13. The molecule has 1 aromatic carbocycles. The first-order chi connectivity index (χ1) is 11.6. The summed E-state index contributed by atoms with van der Waals surface area (Å²) >= 11 is 1.25. The van der Waals surface area contributed by atoms with Crippen molar-refractivity contribution in [2.75, 3.05) is 25.4 Å². The van der Waals surface area contributed by atoms with Crippen LogP contribution < -0.4 is 5.32 Å². The monoisotopic (exact) mass is 350 g/mol. The second-order valence-electron chi connectivity index (χ2n) is 5.51. The molecule has 1 saturated heterocycles. The summed E-state index contributed by atoms with van der Waals surface area (Å²) in [5.74, 6) is -0.0221. The molecule has 1 aromatic rings. The highest BCUT2D eigenvalue weighted by Gasteiger charge is 2.23. The van der Waals surface area contributed by atoms with Crippen molar-refractivity contribution in [1.29, 1.82) is 0 Å². The van der Waals surface area contributed by atoms with E-state index in [1.165, 1.54) is 11.8 Å². The maximum Gasteiger partial charge on any atom is 0.308 e. The Morgan fingerprint density at radius 3 is 2.75 bits per heavy atom. The van der Waals surface area contributed by atoms with Crippen molar-refractivity contribution in [3.8, 4) is 0 Å². The van der Waals surface area contributed by atoms with Crippen LogP contribution in [0, 0.1) is 0 Å². The van der Waals surface area contributed by atoms with Gasteiger partial charge in [0.1, 0.15) is 0 Å². The number of esters is 1. The Labute approximate surface area is 145 Å². The first-order valence-corrected chi connectivity index (χ1v) is 8.97. The molecule has 0 aliphatic carbocycles. The van der Waals surface area contributed by atoms with Gasteiger partial charge in [-0.1, -0.05) is 42.1 Å². The minimum atomic E-state index is -0.836. The number of nitrogens with zero attached hydrogens (tertiary/aromatic N) is 1. The molecule has 1 heterocycles. The van der Waals surface area contributed by atoms with Crippen molar-refractivity contribution in [2.24, 2.45) is 0 Å². The molecule has 0 bridgehead atoms. The summed E-state index contributed by atoms with van der Waals surface area (Å²) in [7, 11) is 0. The van der Waals surface area contributed by atoms with E-state index in [0.717, 1.165) is 17.7 Å². The summed E-state index contributed by atoms with van der Waals surface area (Å²) in [5.41, 5.74) is 1.13. The zero-order chi connectivity index (χ0) is 17.4. The molecular formula is C17H22N2O4S. The van der Waals surface area contributed by atoms with E-state index < -0.39 is 12.1 Å². The van der Waals surface area contributed by atoms with Gasteiger partial charge in [0.25, 0.3) is 11.1 Å². The molecule has 6 nitrogen and oxygen atoms in total. The molecule has 0 radical (unpaired) electrons. The molecule has 1 aliphatic heterocycles. The fraction of sp³-hybridized carbons (Fsp3) is 0.471. The number of carbonyl (C=O) groups is 3. The third-order valence-electron chi connectivity index (χ3n) is 3.66. The van der Waals surface area contributed by atoms with Crippen LogP contribution in [0.2, 0.25) is 0 Å². The normalized spacial score (nSPS) is 15.2. The van der Waals surface area contributed by atoms with Crippen molar-refractivity contribution in [3.63, 3.8) is 0 Å². The first-order valence-electron chi connectivity index (χ1n) is 7.99. The molecule has 7 heteroatoms. The number of carbonyl (C=O) groups excluding carboxylic acids is 3. The standard InChI is InChI=1S/C17H22N2O4S/c1-13(16(21)18-9-7-14-5-3-2-4-6-14)23-15(20)8-10-19-11-12-24-17(19)22/h2-6,13H,7-12H2,1H3,(H,18,21). The van der Waals surface area contributed by atoms with Gasteiger partial charge in [0, 0.05) is 25.4 Å². The average Bonchev–Trinajstić information content (AvgIpc) is 2.99. The smallest absolute Gasteiger partial charge is 0.308 e. The van der Waals surface area contributed by atoms with E-state index in [2.05, 4.69) is 5.32 Å². The molecule has 1 atom stereocenters. The average molecular weight is 350 g/mol. The van der Waals surface area contributed by atoms with E-state index in [9.17, 15) is 14.4 Å². The van der Waals surface area contributed by atoms with Crippen LogP contribution in [0.5, 0.6) is 0 Å². The molecule has 1 aliphatic rings. The van der Waals surface area contributed by atoms with Gasteiger partial charge in [-0.25, -0.2) is 0 Å². The van der Waals surface area contributed by atoms with Crippen LogP contribution in [0.4, 0.5) is 4.79 Å². The second kappa shape index (κ2) is 9.32. The number of thioether (sulfide) groups is 1. The molecule has 1 N–H and O–H groups in total. The third kappa shape index (κ3) is 5.88. The molecule has 130 valence electrons. The molecular weight excluding hydrogens is 328 g/mol. The van der Waals surface area contributed by atoms with Crippen LogP contribution in [-0.4, -0.2) is 53.5 Å². The van der Waals surface area contributed by atoms with Crippen molar-refractivity contribution in [1.82, 2.24) is 10.2 Å². The zero-order valence-corrected chi connectivity index (χ0v) is 14.5. The van der Waals surface area contributed by atoms with Gasteiger partial charge in [0.15, 0.2) is 6.10 Å². The molecule has 0 spiro atoms. The van der Waals surface area contributed by atoms with Gasteiger partial charge in [0.05, 0.1) is 6.42 Å². The maximum atomic E-state index is 11.9. The molecule has 2 rings (SSSR count). The van der Waals surface area contributed by atoms with E-state index in [4.69, 9.17) is 4.74 Å². The van der Waals surface area contributed by atoms with Crippen LogP contribution >= 0.6 is 11.8 Å². The largest absolute Gasteiger partial charge is 0.452 e. The molecule has 2 amide bonds. The number of amides is 2. The van der Waals surface area contributed by atoms with Gasteiger partial charge in [-0.05, 0) is 18.9 Å². The SMILES string of the molecule is CC(OC(=O)CCN1CCSC1=O)C(=O)NCCc1ccccc1.